The molecular formula is C16H20N4O. The van der Waals surface area contributed by atoms with Gasteiger partial charge in [0, 0.05) is 37.7 Å². The zero-order valence-corrected chi connectivity index (χ0v) is 12.7. The number of rotatable bonds is 3. The minimum absolute atomic E-state index is 0.290. The molecule has 0 saturated carbocycles. The number of methoxy groups -OCH3 is 1. The Morgan fingerprint density at radius 3 is 2.76 bits per heavy atom. The Kier molecular flexibility index (Phi) is 3.84. The number of hydrogen-bond donors (Lipinski definition) is 0. The van der Waals surface area contributed by atoms with E-state index in [-0.39, 0.29) is 6.10 Å². The van der Waals surface area contributed by atoms with Crippen molar-refractivity contribution in [1.29, 1.82) is 0 Å². The Labute approximate surface area is 125 Å². The van der Waals surface area contributed by atoms with Crippen LogP contribution in [-0.2, 0) is 4.74 Å². The smallest absolute Gasteiger partial charge is 0.180 e. The number of anilines is 1. The summed E-state index contributed by atoms with van der Waals surface area (Å²) >= 11 is 0. The van der Waals surface area contributed by atoms with Crippen LogP contribution in [0.4, 0.5) is 5.82 Å². The average Bonchev–Trinajstić information content (AvgIpc) is 2.99. The molecule has 5 nitrogen and oxygen atoms in total. The minimum atomic E-state index is 0.290. The minimum Gasteiger partial charge on any atom is -0.380 e. The third kappa shape index (κ3) is 2.74. The molecule has 0 bridgehead atoms. The van der Waals surface area contributed by atoms with Gasteiger partial charge in [-0.15, -0.1) is 0 Å². The quantitative estimate of drug-likeness (QED) is 0.866. The second-order valence-corrected chi connectivity index (χ2v) is 5.39. The lowest BCUT2D eigenvalue weighted by Gasteiger charge is -2.21. The molecule has 0 aliphatic carbocycles. The van der Waals surface area contributed by atoms with Crippen molar-refractivity contribution in [2.75, 3.05) is 25.1 Å². The van der Waals surface area contributed by atoms with Crippen LogP contribution in [0.5, 0.6) is 0 Å². The van der Waals surface area contributed by atoms with Crippen LogP contribution in [0.3, 0.4) is 0 Å². The highest BCUT2D eigenvalue weighted by atomic mass is 16.5. The SMILES string of the molecule is CO[C@H]1CCN(c2nc(-c3ccccn3)nc(C)c2C)C1. The van der Waals surface area contributed by atoms with Crippen LogP contribution in [0.25, 0.3) is 11.5 Å². The zero-order chi connectivity index (χ0) is 14.8. The lowest BCUT2D eigenvalue weighted by molar-refractivity contribution is 0.121. The molecule has 3 heterocycles. The van der Waals surface area contributed by atoms with Crippen LogP contribution in [0.15, 0.2) is 24.4 Å². The lowest BCUT2D eigenvalue weighted by Crippen LogP contribution is -2.24. The maximum Gasteiger partial charge on any atom is 0.180 e. The van der Waals surface area contributed by atoms with Crippen LogP contribution in [0, 0.1) is 13.8 Å². The van der Waals surface area contributed by atoms with E-state index in [1.807, 2.05) is 25.1 Å². The van der Waals surface area contributed by atoms with Crippen molar-refractivity contribution in [3.8, 4) is 11.5 Å². The molecule has 110 valence electrons. The van der Waals surface area contributed by atoms with E-state index in [1.165, 1.54) is 0 Å². The summed E-state index contributed by atoms with van der Waals surface area (Å²) in [6, 6.07) is 5.79. The van der Waals surface area contributed by atoms with E-state index < -0.39 is 0 Å². The van der Waals surface area contributed by atoms with Gasteiger partial charge in [-0.1, -0.05) is 6.07 Å². The van der Waals surface area contributed by atoms with Gasteiger partial charge in [-0.3, -0.25) is 4.98 Å². The highest BCUT2D eigenvalue weighted by Crippen LogP contribution is 2.26. The van der Waals surface area contributed by atoms with Crippen molar-refractivity contribution in [1.82, 2.24) is 15.0 Å². The molecule has 0 amide bonds. The number of pyridine rings is 1. The summed E-state index contributed by atoms with van der Waals surface area (Å²) < 4.78 is 5.45. The van der Waals surface area contributed by atoms with E-state index in [0.29, 0.717) is 5.82 Å². The van der Waals surface area contributed by atoms with Crippen molar-refractivity contribution < 1.29 is 4.74 Å². The fraction of sp³-hybridized carbons (Fsp3) is 0.438. The molecule has 1 aliphatic rings. The zero-order valence-electron chi connectivity index (χ0n) is 12.7. The van der Waals surface area contributed by atoms with Gasteiger partial charge >= 0.3 is 0 Å². The van der Waals surface area contributed by atoms with Crippen LogP contribution >= 0.6 is 0 Å². The van der Waals surface area contributed by atoms with Gasteiger partial charge in [0.15, 0.2) is 5.82 Å². The number of aryl methyl sites for hydroxylation is 1. The Bertz CT molecular complexity index is 630. The van der Waals surface area contributed by atoms with Gasteiger partial charge in [-0.2, -0.15) is 0 Å². The molecule has 2 aromatic rings. The second kappa shape index (κ2) is 5.77. The first-order chi connectivity index (χ1) is 10.2. The maximum absolute atomic E-state index is 5.45. The fourth-order valence-electron chi connectivity index (χ4n) is 2.64. The highest BCUT2D eigenvalue weighted by molar-refractivity contribution is 5.57. The van der Waals surface area contributed by atoms with Gasteiger partial charge in [0.2, 0.25) is 0 Å². The maximum atomic E-state index is 5.45. The molecule has 3 rings (SSSR count). The first-order valence-corrected chi connectivity index (χ1v) is 7.23. The van der Waals surface area contributed by atoms with Crippen molar-refractivity contribution in [2.45, 2.75) is 26.4 Å². The number of hydrogen-bond acceptors (Lipinski definition) is 5. The van der Waals surface area contributed by atoms with Crippen LogP contribution in [0.2, 0.25) is 0 Å². The standard InChI is InChI=1S/C16H20N4O/c1-11-12(2)18-15(14-6-4-5-8-17-14)19-16(11)20-9-7-13(10-20)21-3/h4-6,8,13H,7,9-10H2,1-3H3/t13-/m0/s1. The van der Waals surface area contributed by atoms with E-state index in [1.54, 1.807) is 13.3 Å². The monoisotopic (exact) mass is 284 g/mol. The summed E-state index contributed by atoms with van der Waals surface area (Å²) in [4.78, 5) is 16.0. The summed E-state index contributed by atoms with van der Waals surface area (Å²) in [6.07, 6.45) is 3.10. The van der Waals surface area contributed by atoms with Crippen molar-refractivity contribution >= 4 is 5.82 Å². The molecule has 0 N–H and O–H groups in total. The third-order valence-corrected chi connectivity index (χ3v) is 4.04. The number of ether oxygens (including phenoxy) is 1. The number of aromatic nitrogens is 3. The lowest BCUT2D eigenvalue weighted by atomic mass is 10.2. The highest BCUT2D eigenvalue weighted by Gasteiger charge is 2.25. The normalized spacial score (nSPS) is 18.2. The molecule has 1 saturated heterocycles. The molecule has 1 aliphatic heterocycles. The van der Waals surface area contributed by atoms with Crippen LogP contribution < -0.4 is 4.90 Å². The molecule has 2 aromatic heterocycles. The van der Waals surface area contributed by atoms with E-state index >= 15 is 0 Å². The predicted molar refractivity (Wildman–Crippen MR) is 82.4 cm³/mol. The van der Waals surface area contributed by atoms with Gasteiger partial charge in [-0.25, -0.2) is 9.97 Å². The summed E-state index contributed by atoms with van der Waals surface area (Å²) in [5, 5.41) is 0. The van der Waals surface area contributed by atoms with Crippen LogP contribution in [-0.4, -0.2) is 41.3 Å². The van der Waals surface area contributed by atoms with Gasteiger partial charge in [-0.05, 0) is 32.4 Å². The molecule has 21 heavy (non-hydrogen) atoms. The molecule has 1 atom stereocenters. The average molecular weight is 284 g/mol. The first-order valence-electron chi connectivity index (χ1n) is 7.23. The molecule has 1 fully saturated rings. The molecule has 5 heteroatoms. The van der Waals surface area contributed by atoms with Crippen molar-refractivity contribution in [2.24, 2.45) is 0 Å². The summed E-state index contributed by atoms with van der Waals surface area (Å²) in [5.41, 5.74) is 2.94. The second-order valence-electron chi connectivity index (χ2n) is 5.39. The van der Waals surface area contributed by atoms with Crippen molar-refractivity contribution in [3.05, 3.63) is 35.7 Å². The van der Waals surface area contributed by atoms with Gasteiger partial charge in [0.1, 0.15) is 11.5 Å². The largest absolute Gasteiger partial charge is 0.380 e. The van der Waals surface area contributed by atoms with E-state index in [9.17, 15) is 0 Å². The molecule has 0 unspecified atom stereocenters. The van der Waals surface area contributed by atoms with Crippen LogP contribution in [0.1, 0.15) is 17.7 Å². The topological polar surface area (TPSA) is 51.1 Å². The van der Waals surface area contributed by atoms with Gasteiger partial charge in [0.05, 0.1) is 6.10 Å². The van der Waals surface area contributed by atoms with E-state index in [2.05, 4.69) is 21.8 Å². The number of nitrogens with zero attached hydrogens (tertiary/aromatic N) is 4. The van der Waals surface area contributed by atoms with E-state index in [0.717, 1.165) is 42.3 Å². The molecule has 0 aromatic carbocycles. The first kappa shape index (κ1) is 13.9. The Morgan fingerprint density at radius 1 is 1.24 bits per heavy atom. The Morgan fingerprint density at radius 2 is 2.10 bits per heavy atom. The summed E-state index contributed by atoms with van der Waals surface area (Å²) in [7, 11) is 1.77. The molecule has 0 spiro atoms. The molecular weight excluding hydrogens is 264 g/mol. The van der Waals surface area contributed by atoms with E-state index in [4.69, 9.17) is 9.72 Å². The Hall–Kier alpha value is -2.01. The Balaban J connectivity index is 1.99. The van der Waals surface area contributed by atoms with Crippen molar-refractivity contribution in [3.63, 3.8) is 0 Å². The van der Waals surface area contributed by atoms with Gasteiger partial charge < -0.3 is 9.64 Å². The summed E-state index contributed by atoms with van der Waals surface area (Å²) in [5.74, 6) is 1.69. The molecule has 0 radical (unpaired) electrons. The van der Waals surface area contributed by atoms with Gasteiger partial charge in [0.25, 0.3) is 0 Å². The summed E-state index contributed by atoms with van der Waals surface area (Å²) in [6.45, 7) is 5.96. The third-order valence-electron chi connectivity index (χ3n) is 4.04. The fourth-order valence-corrected chi connectivity index (χ4v) is 2.64. The predicted octanol–water partition coefficient (Wildman–Crippen LogP) is 2.38.